The Morgan fingerprint density at radius 3 is 2.26 bits per heavy atom. The molecule has 0 bridgehead atoms. The molecule has 0 unspecified atom stereocenters. The molecule has 1 aromatic carbocycles. The lowest BCUT2D eigenvalue weighted by Gasteiger charge is -2.13. The van der Waals surface area contributed by atoms with Gasteiger partial charge in [0.2, 0.25) is 17.7 Å². The van der Waals surface area contributed by atoms with Crippen LogP contribution in [0.3, 0.4) is 0 Å². The molecule has 1 heterocycles. The fourth-order valence-electron chi connectivity index (χ4n) is 2.31. The number of rotatable bonds is 9. The zero-order valence-electron chi connectivity index (χ0n) is 17.1. The number of methoxy groups -OCH3 is 3. The molecule has 0 atom stereocenters. The normalized spacial score (nSPS) is 10.8. The van der Waals surface area contributed by atoms with Crippen molar-refractivity contribution in [2.75, 3.05) is 32.9 Å². The van der Waals surface area contributed by atoms with Gasteiger partial charge in [0.05, 0.1) is 33.0 Å². The zero-order chi connectivity index (χ0) is 23.0. The Morgan fingerprint density at radius 1 is 1.06 bits per heavy atom. The molecule has 0 saturated heterocycles. The Morgan fingerprint density at radius 2 is 1.71 bits per heavy atom. The van der Waals surface area contributed by atoms with Gasteiger partial charge in [-0.25, -0.2) is 22.7 Å². The Balaban J connectivity index is 2.32. The molecule has 168 valence electrons. The van der Waals surface area contributed by atoms with Gasteiger partial charge in [-0.3, -0.25) is 10.0 Å². The average molecular weight is 472 g/mol. The Kier molecular flexibility index (Phi) is 8.41. The summed E-state index contributed by atoms with van der Waals surface area (Å²) in [5.41, 5.74) is 0.346. The summed E-state index contributed by atoms with van der Waals surface area (Å²) in [6, 6.07) is 4.38. The van der Waals surface area contributed by atoms with Crippen molar-refractivity contribution in [2.45, 2.75) is 11.4 Å². The summed E-state index contributed by atoms with van der Waals surface area (Å²) in [5, 5.41) is 2.19. The Hall–Kier alpha value is -3.10. The van der Waals surface area contributed by atoms with Crippen LogP contribution < -0.4 is 24.2 Å². The fourth-order valence-corrected chi connectivity index (χ4v) is 3.77. The first-order valence-electron chi connectivity index (χ1n) is 8.52. The van der Waals surface area contributed by atoms with Gasteiger partial charge in [-0.1, -0.05) is 18.0 Å². The number of aromatic nitrogens is 2. The third-order valence-electron chi connectivity index (χ3n) is 3.71. The highest BCUT2D eigenvalue weighted by atomic mass is 32.2. The first kappa shape index (κ1) is 24.2. The maximum atomic E-state index is 12.9. The number of hydrogen-bond donors (Lipinski definition) is 3. The van der Waals surface area contributed by atoms with Crippen LogP contribution in [-0.2, 0) is 21.3 Å². The van der Waals surface area contributed by atoms with Gasteiger partial charge < -0.3 is 14.2 Å². The quantitative estimate of drug-likeness (QED) is 0.356. The van der Waals surface area contributed by atoms with E-state index >= 15 is 0 Å². The molecule has 0 saturated carbocycles. The number of carbonyl (C=O) groups is 2. The second-order valence-corrected chi connectivity index (χ2v) is 8.03. The maximum Gasteiger partial charge on any atom is 0.339 e. The third kappa shape index (κ3) is 6.44. The lowest BCUT2D eigenvalue weighted by molar-refractivity contribution is 0.0596. The second-order valence-electron chi connectivity index (χ2n) is 5.68. The van der Waals surface area contributed by atoms with E-state index in [2.05, 4.69) is 24.7 Å². The number of carbonyl (C=O) groups excluding carboxylic acids is 2. The van der Waals surface area contributed by atoms with E-state index in [-0.39, 0.29) is 23.3 Å². The summed E-state index contributed by atoms with van der Waals surface area (Å²) >= 11 is 1.34. The van der Waals surface area contributed by atoms with Crippen molar-refractivity contribution in [3.8, 4) is 11.8 Å². The lowest BCUT2D eigenvalue weighted by Crippen LogP contribution is -2.35. The highest BCUT2D eigenvalue weighted by Crippen LogP contribution is 2.20. The van der Waals surface area contributed by atoms with Crippen LogP contribution in [0.15, 0.2) is 29.2 Å². The van der Waals surface area contributed by atoms with Crippen molar-refractivity contribution in [1.82, 2.24) is 19.4 Å². The number of amides is 2. The molecule has 0 aliphatic heterocycles. The molecule has 0 aliphatic rings. The molecule has 3 N–H and O–H groups in total. The summed E-state index contributed by atoms with van der Waals surface area (Å²) in [6.07, 6.45) is 1.81. The van der Waals surface area contributed by atoms with Crippen LogP contribution >= 0.6 is 11.9 Å². The van der Waals surface area contributed by atoms with E-state index in [1.165, 1.54) is 44.4 Å². The summed E-state index contributed by atoms with van der Waals surface area (Å²) in [4.78, 5) is 31.7. The van der Waals surface area contributed by atoms with Crippen molar-refractivity contribution < 1.29 is 32.2 Å². The molecule has 2 aromatic rings. The molecule has 0 radical (unpaired) electrons. The first-order chi connectivity index (χ1) is 14.7. The van der Waals surface area contributed by atoms with Crippen molar-refractivity contribution >= 4 is 39.9 Å². The predicted octanol–water partition coefficient (Wildman–Crippen LogP) is 1.16. The van der Waals surface area contributed by atoms with Gasteiger partial charge in [-0.2, -0.15) is 9.97 Å². The van der Waals surface area contributed by atoms with Crippen molar-refractivity contribution in [2.24, 2.45) is 0 Å². The van der Waals surface area contributed by atoms with E-state index in [0.29, 0.717) is 12.1 Å². The van der Waals surface area contributed by atoms with Crippen LogP contribution in [0.25, 0.3) is 0 Å². The summed E-state index contributed by atoms with van der Waals surface area (Å²) < 4.78 is 45.1. The molecule has 0 spiro atoms. The van der Waals surface area contributed by atoms with Crippen LogP contribution in [0, 0.1) is 0 Å². The fraction of sp³-hybridized carbons (Fsp3) is 0.294. The number of nitrogens with one attached hydrogen (secondary N) is 3. The minimum atomic E-state index is -4.46. The highest BCUT2D eigenvalue weighted by molar-refractivity contribution is 7.96. The topological polar surface area (TPSA) is 158 Å². The molecule has 2 amide bonds. The van der Waals surface area contributed by atoms with Gasteiger partial charge in [0, 0.05) is 6.54 Å². The smallest absolute Gasteiger partial charge is 0.339 e. The van der Waals surface area contributed by atoms with Crippen LogP contribution in [-0.4, -0.2) is 58.0 Å². The number of nitrogens with zero attached hydrogens (tertiary/aromatic N) is 2. The van der Waals surface area contributed by atoms with Gasteiger partial charge in [-0.15, -0.1) is 0 Å². The molecule has 2 rings (SSSR count). The van der Waals surface area contributed by atoms with Crippen LogP contribution in [0.5, 0.6) is 11.8 Å². The predicted molar refractivity (Wildman–Crippen MR) is 113 cm³/mol. The van der Waals surface area contributed by atoms with Gasteiger partial charge in [-0.05, 0) is 24.0 Å². The monoisotopic (exact) mass is 471 g/mol. The number of urea groups is 1. The molecule has 31 heavy (non-hydrogen) atoms. The number of ether oxygens (including phenoxy) is 3. The summed E-state index contributed by atoms with van der Waals surface area (Å²) in [7, 11) is -0.638. The van der Waals surface area contributed by atoms with Gasteiger partial charge in [0.1, 0.15) is 4.90 Å². The minimum Gasteiger partial charge on any atom is -0.481 e. The van der Waals surface area contributed by atoms with Crippen LogP contribution in [0.1, 0.15) is 15.9 Å². The summed E-state index contributed by atoms with van der Waals surface area (Å²) in [6.45, 7) is 0.328. The molecular weight excluding hydrogens is 450 g/mol. The first-order valence-corrected chi connectivity index (χ1v) is 11.2. The third-order valence-corrected chi connectivity index (χ3v) is 5.52. The van der Waals surface area contributed by atoms with E-state index in [1.807, 2.05) is 11.0 Å². The minimum absolute atomic E-state index is 0.0898. The molecule has 14 heteroatoms. The van der Waals surface area contributed by atoms with Crippen molar-refractivity contribution in [3.63, 3.8) is 0 Å². The number of anilines is 1. The average Bonchev–Trinajstić information content (AvgIpc) is 2.76. The largest absolute Gasteiger partial charge is 0.481 e. The Labute approximate surface area is 183 Å². The van der Waals surface area contributed by atoms with Crippen LogP contribution in [0.4, 0.5) is 10.7 Å². The Bertz CT molecular complexity index is 1040. The number of sulfonamides is 1. The van der Waals surface area contributed by atoms with E-state index in [9.17, 15) is 18.0 Å². The van der Waals surface area contributed by atoms with E-state index in [4.69, 9.17) is 9.47 Å². The SMILES string of the molecule is COC(=O)c1ccc(CNSC)cc1S(=O)(=O)NC(=O)Nc1nc(OC)cc(OC)n1. The second kappa shape index (κ2) is 10.8. The zero-order valence-corrected chi connectivity index (χ0v) is 18.7. The molecule has 0 fully saturated rings. The molecule has 1 aromatic heterocycles. The highest BCUT2D eigenvalue weighted by Gasteiger charge is 2.26. The van der Waals surface area contributed by atoms with E-state index in [0.717, 1.165) is 7.11 Å². The van der Waals surface area contributed by atoms with Gasteiger partial charge in [0.25, 0.3) is 10.0 Å². The standard InChI is InChI=1S/C17H21N5O7S2/c1-27-13-8-14(28-2)20-16(19-13)21-17(24)22-31(25,26)12-7-10(9-18-30-4)5-6-11(12)15(23)29-3/h5-8,18H,9H2,1-4H3,(H2,19,20,21,22,24). The molecule has 0 aliphatic carbocycles. The number of benzene rings is 1. The van der Waals surface area contributed by atoms with E-state index < -0.39 is 26.9 Å². The molecule has 12 nitrogen and oxygen atoms in total. The van der Waals surface area contributed by atoms with Gasteiger partial charge in [0.15, 0.2) is 0 Å². The molecular formula is C17H21N5O7S2. The van der Waals surface area contributed by atoms with Crippen molar-refractivity contribution in [1.29, 1.82) is 0 Å². The maximum absolute atomic E-state index is 12.9. The van der Waals surface area contributed by atoms with Crippen LogP contribution in [0.2, 0.25) is 0 Å². The lowest BCUT2D eigenvalue weighted by atomic mass is 10.1. The van der Waals surface area contributed by atoms with E-state index in [1.54, 1.807) is 6.07 Å². The number of esters is 1. The van der Waals surface area contributed by atoms with Crippen molar-refractivity contribution in [3.05, 3.63) is 35.4 Å². The number of hydrogen-bond acceptors (Lipinski definition) is 11. The summed E-state index contributed by atoms with van der Waals surface area (Å²) in [5.74, 6) is -0.944. The van der Waals surface area contributed by atoms with Gasteiger partial charge >= 0.3 is 12.0 Å².